The fourth-order valence-electron chi connectivity index (χ4n) is 1.74. The van der Waals surface area contributed by atoms with Crippen LogP contribution in [0.4, 0.5) is 0 Å². The minimum absolute atomic E-state index is 0.477. The van der Waals surface area contributed by atoms with E-state index in [9.17, 15) is 5.11 Å². The second kappa shape index (κ2) is 2.61. The number of rotatable bonds is 0. The molecular weight excluding hydrogens is 138 g/mol. The molecule has 0 aromatic carbocycles. The molecule has 0 radical (unpaired) electrons. The molecular formula is C9H13NO. The summed E-state index contributed by atoms with van der Waals surface area (Å²) in [6.07, 6.45) is 6.78. The van der Waals surface area contributed by atoms with Crippen molar-refractivity contribution in [3.05, 3.63) is 23.1 Å². The fourth-order valence-corrected chi connectivity index (χ4v) is 1.74. The van der Waals surface area contributed by atoms with Crippen molar-refractivity contribution in [1.82, 2.24) is 5.32 Å². The predicted molar refractivity (Wildman–Crippen MR) is 44.2 cm³/mol. The molecule has 0 saturated carbocycles. The van der Waals surface area contributed by atoms with Crippen LogP contribution in [0.2, 0.25) is 0 Å². The number of nitrogens with one attached hydrogen (secondary N) is 1. The molecule has 1 heterocycles. The maximum absolute atomic E-state index is 9.21. The van der Waals surface area contributed by atoms with Gasteiger partial charge >= 0.3 is 0 Å². The second-order valence-corrected chi connectivity index (χ2v) is 3.20. The minimum Gasteiger partial charge on any atom is -0.510 e. The fraction of sp³-hybridized carbons (Fsp3) is 0.556. The Bertz CT molecular complexity index is 228. The van der Waals surface area contributed by atoms with Gasteiger partial charge in [0.05, 0.1) is 6.54 Å². The van der Waals surface area contributed by atoms with Crippen molar-refractivity contribution < 1.29 is 5.11 Å². The monoisotopic (exact) mass is 151 g/mol. The summed E-state index contributed by atoms with van der Waals surface area (Å²) in [5, 5.41) is 12.4. The molecule has 0 fully saturated rings. The quantitative estimate of drug-likeness (QED) is 0.554. The first kappa shape index (κ1) is 6.77. The van der Waals surface area contributed by atoms with Crippen molar-refractivity contribution >= 4 is 0 Å². The number of hydrogen-bond acceptors (Lipinski definition) is 2. The number of hydrogen-bond donors (Lipinski definition) is 2. The van der Waals surface area contributed by atoms with Crippen LogP contribution >= 0.6 is 0 Å². The average molecular weight is 151 g/mol. The third kappa shape index (κ3) is 1.25. The molecule has 2 heteroatoms. The number of aliphatic hydroxyl groups excluding tert-OH is 1. The molecule has 0 spiro atoms. The molecule has 1 aliphatic heterocycles. The van der Waals surface area contributed by atoms with Crippen LogP contribution in [0.5, 0.6) is 0 Å². The summed E-state index contributed by atoms with van der Waals surface area (Å²) in [7, 11) is 0. The standard InChI is InChI=1S/C9H13NO/c11-8-5-7-3-1-2-4-9(7)10-6-8/h5,10-11H,1-4,6H2. The summed E-state index contributed by atoms with van der Waals surface area (Å²) in [4.78, 5) is 0. The summed E-state index contributed by atoms with van der Waals surface area (Å²) < 4.78 is 0. The Morgan fingerprint density at radius 2 is 2.09 bits per heavy atom. The molecule has 0 bridgehead atoms. The molecule has 2 N–H and O–H groups in total. The molecule has 0 unspecified atom stereocenters. The van der Waals surface area contributed by atoms with Crippen LogP contribution in [0.1, 0.15) is 25.7 Å². The van der Waals surface area contributed by atoms with Crippen LogP contribution < -0.4 is 5.32 Å². The van der Waals surface area contributed by atoms with Crippen LogP contribution in [-0.2, 0) is 0 Å². The lowest BCUT2D eigenvalue weighted by Crippen LogP contribution is -2.23. The third-order valence-electron chi connectivity index (χ3n) is 2.33. The van der Waals surface area contributed by atoms with Crippen LogP contribution in [0, 0.1) is 0 Å². The number of allylic oxidation sites excluding steroid dienone is 3. The van der Waals surface area contributed by atoms with Gasteiger partial charge in [-0.2, -0.15) is 0 Å². The average Bonchev–Trinajstić information content (AvgIpc) is 2.04. The first-order valence-corrected chi connectivity index (χ1v) is 4.22. The Morgan fingerprint density at radius 3 is 3.00 bits per heavy atom. The first-order chi connectivity index (χ1) is 5.36. The van der Waals surface area contributed by atoms with Crippen molar-refractivity contribution in [2.45, 2.75) is 25.7 Å². The van der Waals surface area contributed by atoms with Crippen LogP contribution in [0.25, 0.3) is 0 Å². The zero-order valence-corrected chi connectivity index (χ0v) is 6.56. The lowest BCUT2D eigenvalue weighted by atomic mass is 9.94. The van der Waals surface area contributed by atoms with Gasteiger partial charge in [-0.15, -0.1) is 0 Å². The van der Waals surface area contributed by atoms with E-state index in [0.29, 0.717) is 12.3 Å². The van der Waals surface area contributed by atoms with Gasteiger partial charge < -0.3 is 10.4 Å². The van der Waals surface area contributed by atoms with E-state index in [2.05, 4.69) is 5.32 Å². The molecule has 0 amide bonds. The maximum atomic E-state index is 9.21. The lowest BCUT2D eigenvalue weighted by molar-refractivity contribution is 0.385. The molecule has 0 aromatic rings. The zero-order valence-electron chi connectivity index (χ0n) is 6.56. The largest absolute Gasteiger partial charge is 0.510 e. The first-order valence-electron chi connectivity index (χ1n) is 4.22. The molecule has 0 atom stereocenters. The SMILES string of the molecule is OC1=CC2=C(CCCC2)NC1. The van der Waals surface area contributed by atoms with Crippen molar-refractivity contribution in [2.24, 2.45) is 0 Å². The lowest BCUT2D eigenvalue weighted by Gasteiger charge is -2.23. The van der Waals surface area contributed by atoms with Gasteiger partial charge in [-0.1, -0.05) is 0 Å². The van der Waals surface area contributed by atoms with Crippen LogP contribution in [0.15, 0.2) is 23.1 Å². The predicted octanol–water partition coefficient (Wildman–Crippen LogP) is 1.86. The highest BCUT2D eigenvalue weighted by molar-refractivity contribution is 5.32. The van der Waals surface area contributed by atoms with Gasteiger partial charge in [0.1, 0.15) is 5.76 Å². The van der Waals surface area contributed by atoms with E-state index < -0.39 is 0 Å². The van der Waals surface area contributed by atoms with E-state index in [-0.39, 0.29) is 0 Å². The van der Waals surface area contributed by atoms with Gasteiger partial charge in [0.2, 0.25) is 0 Å². The molecule has 2 nitrogen and oxygen atoms in total. The molecule has 1 aliphatic carbocycles. The Kier molecular flexibility index (Phi) is 1.60. The summed E-state index contributed by atoms with van der Waals surface area (Å²) in [6, 6.07) is 0. The molecule has 60 valence electrons. The molecule has 11 heavy (non-hydrogen) atoms. The maximum Gasteiger partial charge on any atom is 0.112 e. The second-order valence-electron chi connectivity index (χ2n) is 3.20. The Labute approximate surface area is 66.6 Å². The highest BCUT2D eigenvalue weighted by atomic mass is 16.3. The zero-order chi connectivity index (χ0) is 7.68. The Balaban J connectivity index is 2.25. The van der Waals surface area contributed by atoms with Crippen molar-refractivity contribution in [2.75, 3.05) is 6.54 Å². The molecule has 0 aromatic heterocycles. The van der Waals surface area contributed by atoms with Gasteiger partial charge in [-0.05, 0) is 37.3 Å². The van der Waals surface area contributed by atoms with Gasteiger partial charge in [0, 0.05) is 5.70 Å². The summed E-state index contributed by atoms with van der Waals surface area (Å²) in [5.41, 5.74) is 2.68. The molecule has 2 rings (SSSR count). The van der Waals surface area contributed by atoms with Crippen LogP contribution in [-0.4, -0.2) is 11.7 Å². The topological polar surface area (TPSA) is 32.3 Å². The van der Waals surface area contributed by atoms with Gasteiger partial charge in [-0.25, -0.2) is 0 Å². The minimum atomic E-state index is 0.477. The van der Waals surface area contributed by atoms with Gasteiger partial charge in [0.25, 0.3) is 0 Å². The Morgan fingerprint density at radius 1 is 1.27 bits per heavy atom. The third-order valence-corrected chi connectivity index (χ3v) is 2.33. The van der Waals surface area contributed by atoms with Crippen molar-refractivity contribution in [3.63, 3.8) is 0 Å². The summed E-state index contributed by atoms with van der Waals surface area (Å²) in [5.74, 6) is 0.477. The van der Waals surface area contributed by atoms with E-state index in [4.69, 9.17) is 0 Å². The van der Waals surface area contributed by atoms with Gasteiger partial charge in [-0.3, -0.25) is 0 Å². The number of dihydropyridines is 1. The van der Waals surface area contributed by atoms with Crippen molar-refractivity contribution in [1.29, 1.82) is 0 Å². The number of aliphatic hydroxyl groups is 1. The molecule has 2 aliphatic rings. The van der Waals surface area contributed by atoms with Crippen molar-refractivity contribution in [3.8, 4) is 0 Å². The Hall–Kier alpha value is -0.920. The van der Waals surface area contributed by atoms with E-state index >= 15 is 0 Å². The highest BCUT2D eigenvalue weighted by Gasteiger charge is 2.14. The normalized spacial score (nSPS) is 23.8. The van der Waals surface area contributed by atoms with E-state index in [1.165, 1.54) is 30.5 Å². The van der Waals surface area contributed by atoms with E-state index in [1.807, 2.05) is 6.08 Å². The summed E-state index contributed by atoms with van der Waals surface area (Å²) in [6.45, 7) is 0.624. The van der Waals surface area contributed by atoms with Crippen LogP contribution in [0.3, 0.4) is 0 Å². The highest BCUT2D eigenvalue weighted by Crippen LogP contribution is 2.26. The van der Waals surface area contributed by atoms with Gasteiger partial charge in [0.15, 0.2) is 0 Å². The van der Waals surface area contributed by atoms with E-state index in [1.54, 1.807) is 0 Å². The van der Waals surface area contributed by atoms with E-state index in [0.717, 1.165) is 6.42 Å². The molecule has 0 saturated heterocycles. The smallest absolute Gasteiger partial charge is 0.112 e. The summed E-state index contributed by atoms with van der Waals surface area (Å²) >= 11 is 0.